The maximum atomic E-state index is 13.6. The number of carboxylic acid groups (broad SMARTS) is 2. The highest BCUT2D eigenvalue weighted by Gasteiger charge is 2.32. The first-order valence-electron chi connectivity index (χ1n) is 14.4. The van der Waals surface area contributed by atoms with Gasteiger partial charge in [0.15, 0.2) is 11.5 Å². The maximum absolute atomic E-state index is 13.6. The number of rotatable bonds is 15. The van der Waals surface area contributed by atoms with Crippen LogP contribution in [-0.4, -0.2) is 91.3 Å². The minimum absolute atomic E-state index is 0.158. The van der Waals surface area contributed by atoms with Crippen LogP contribution in [0.2, 0.25) is 0 Å². The van der Waals surface area contributed by atoms with Crippen LogP contribution >= 0.6 is 7.52 Å². The van der Waals surface area contributed by atoms with Gasteiger partial charge < -0.3 is 39.5 Å². The smallest absolute Gasteiger partial charge is 0.478 e. The van der Waals surface area contributed by atoms with Crippen molar-refractivity contribution >= 4 is 48.6 Å². The second-order valence-corrected chi connectivity index (χ2v) is 12.6. The number of nitrogen functional groups attached to an aromatic ring is 1. The monoisotopic (exact) mass is 672 g/mol. The summed E-state index contributed by atoms with van der Waals surface area (Å²) in [6, 6.07) is -0.957. The van der Waals surface area contributed by atoms with Gasteiger partial charge >= 0.3 is 24.1 Å². The van der Waals surface area contributed by atoms with Crippen molar-refractivity contribution in [3.8, 4) is 0 Å². The van der Waals surface area contributed by atoms with Crippen molar-refractivity contribution in [1.29, 1.82) is 0 Å². The molecule has 3 rings (SSSR count). The molecule has 1 aliphatic rings. The SMILES string of the molecule is CC(C)OC(=O)OCOP(=O)(CO[C@H](C)Cn1cnc2c(N)ncnc21)N[C@@H](C)C(=O)OC1CCCCC1.O=C(O)/C=C/C(=O)O. The molecule has 1 fully saturated rings. The molecule has 5 N–H and O–H groups in total. The number of nitrogens with two attached hydrogens (primary N) is 1. The number of fused-ring (bicyclic) bond motifs is 1. The van der Waals surface area contributed by atoms with Crippen molar-refractivity contribution in [3.63, 3.8) is 0 Å². The average Bonchev–Trinajstić information content (AvgIpc) is 3.39. The Morgan fingerprint density at radius 1 is 1.07 bits per heavy atom. The van der Waals surface area contributed by atoms with Gasteiger partial charge in [-0.3, -0.25) is 13.9 Å². The molecular formula is C27H41N6O12P. The molecule has 2 aromatic heterocycles. The van der Waals surface area contributed by atoms with E-state index in [1.165, 1.54) is 13.3 Å². The Morgan fingerprint density at radius 2 is 1.72 bits per heavy atom. The third-order valence-corrected chi connectivity index (χ3v) is 7.92. The minimum atomic E-state index is -3.85. The molecule has 0 amide bonds. The molecule has 0 spiro atoms. The van der Waals surface area contributed by atoms with Crippen LogP contribution in [0.25, 0.3) is 11.2 Å². The molecule has 46 heavy (non-hydrogen) atoms. The van der Waals surface area contributed by atoms with Gasteiger partial charge in [-0.15, -0.1) is 0 Å². The molecule has 1 unspecified atom stereocenters. The molecule has 18 nitrogen and oxygen atoms in total. The van der Waals surface area contributed by atoms with E-state index in [1.54, 1.807) is 31.7 Å². The molecular weight excluding hydrogens is 631 g/mol. The summed E-state index contributed by atoms with van der Waals surface area (Å²) < 4.78 is 41.9. The zero-order valence-electron chi connectivity index (χ0n) is 26.1. The van der Waals surface area contributed by atoms with Crippen LogP contribution in [0.1, 0.15) is 59.8 Å². The van der Waals surface area contributed by atoms with Gasteiger partial charge in [0.05, 0.1) is 25.1 Å². The standard InChI is InChI=1S/C23H37N6O8P.C4H4O4/c1-15(2)36-23(31)33-13-35-38(32,28-17(4)22(30)37-18-8-6-5-7-9-18)14-34-16(3)10-29-12-27-19-20(24)25-11-26-21(19)29;5-3(6)1-2-4(7)8/h11-12,15-18H,5-10,13-14H2,1-4H3,(H,28,32)(H2,24,25,26);1-2H,(H,5,6)(H,7,8)/b;2-1+/t16-,17+,38?;/m1./s1. The normalized spacial score (nSPS) is 16.2. The second kappa shape index (κ2) is 18.8. The van der Waals surface area contributed by atoms with Crippen molar-refractivity contribution in [2.75, 3.05) is 18.9 Å². The quantitative estimate of drug-likeness (QED) is 0.0917. The first-order valence-corrected chi connectivity index (χ1v) is 16.2. The van der Waals surface area contributed by atoms with Crippen LogP contribution in [-0.2, 0) is 49.0 Å². The van der Waals surface area contributed by atoms with Gasteiger partial charge in [0.25, 0.3) is 7.52 Å². The van der Waals surface area contributed by atoms with Crippen molar-refractivity contribution in [2.45, 2.75) is 90.7 Å². The summed E-state index contributed by atoms with van der Waals surface area (Å²) in [7, 11) is -3.85. The first kappa shape index (κ1) is 38.1. The highest BCUT2D eigenvalue weighted by Crippen LogP contribution is 2.43. The fourth-order valence-electron chi connectivity index (χ4n) is 4.02. The molecule has 256 valence electrons. The lowest BCUT2D eigenvalue weighted by atomic mass is 9.98. The Labute approximate surface area is 265 Å². The lowest BCUT2D eigenvalue weighted by Crippen LogP contribution is -2.37. The Kier molecular flexibility index (Phi) is 15.5. The lowest BCUT2D eigenvalue weighted by molar-refractivity contribution is -0.152. The van der Waals surface area contributed by atoms with E-state index in [0.717, 1.165) is 32.1 Å². The Morgan fingerprint density at radius 3 is 2.33 bits per heavy atom. The molecule has 0 radical (unpaired) electrons. The van der Waals surface area contributed by atoms with E-state index in [1.807, 2.05) is 0 Å². The van der Waals surface area contributed by atoms with Crippen LogP contribution in [0.5, 0.6) is 0 Å². The summed E-state index contributed by atoms with van der Waals surface area (Å²) in [6.07, 6.45) is 6.33. The summed E-state index contributed by atoms with van der Waals surface area (Å²) in [5, 5.41) is 18.3. The van der Waals surface area contributed by atoms with Gasteiger partial charge in [-0.1, -0.05) is 6.42 Å². The van der Waals surface area contributed by atoms with Gasteiger partial charge in [0, 0.05) is 12.2 Å². The van der Waals surface area contributed by atoms with Gasteiger partial charge in [0.2, 0.25) is 6.79 Å². The number of imidazole rings is 1. The molecule has 2 aromatic rings. The summed E-state index contributed by atoms with van der Waals surface area (Å²) in [5.74, 6) is -2.80. The Balaban J connectivity index is 0.000000812. The molecule has 1 aliphatic carbocycles. The number of carboxylic acids is 2. The van der Waals surface area contributed by atoms with Crippen molar-refractivity contribution in [3.05, 3.63) is 24.8 Å². The van der Waals surface area contributed by atoms with Crippen LogP contribution in [0.3, 0.4) is 0 Å². The van der Waals surface area contributed by atoms with Crippen molar-refractivity contribution < 1.29 is 57.4 Å². The zero-order valence-corrected chi connectivity index (χ0v) is 27.0. The number of hydrogen-bond donors (Lipinski definition) is 4. The predicted octanol–water partition coefficient (Wildman–Crippen LogP) is 3.07. The number of nitrogens with one attached hydrogen (secondary N) is 1. The fraction of sp³-hybridized carbons (Fsp3) is 0.593. The van der Waals surface area contributed by atoms with Gasteiger partial charge in [-0.2, -0.15) is 0 Å². The predicted molar refractivity (Wildman–Crippen MR) is 161 cm³/mol. The van der Waals surface area contributed by atoms with E-state index in [9.17, 15) is 23.7 Å². The first-order chi connectivity index (χ1) is 21.7. The molecule has 0 aromatic carbocycles. The van der Waals surface area contributed by atoms with Gasteiger partial charge in [-0.05, 0) is 53.4 Å². The van der Waals surface area contributed by atoms with E-state index < -0.39 is 63.0 Å². The third-order valence-electron chi connectivity index (χ3n) is 6.13. The van der Waals surface area contributed by atoms with Crippen LogP contribution in [0.15, 0.2) is 24.8 Å². The number of carbonyl (C=O) groups excluding carboxylic acids is 2. The number of nitrogens with zero attached hydrogens (tertiary/aromatic N) is 4. The molecule has 0 aliphatic heterocycles. The highest BCUT2D eigenvalue weighted by atomic mass is 31.2. The second-order valence-electron chi connectivity index (χ2n) is 10.5. The zero-order chi connectivity index (χ0) is 34.3. The summed E-state index contributed by atoms with van der Waals surface area (Å²) in [4.78, 5) is 55.8. The largest absolute Gasteiger partial charge is 0.510 e. The summed E-state index contributed by atoms with van der Waals surface area (Å²) >= 11 is 0. The number of aliphatic carboxylic acids is 2. The Hall–Kier alpha value is -4.12. The molecule has 3 atom stereocenters. The van der Waals surface area contributed by atoms with Gasteiger partial charge in [0.1, 0.15) is 30.3 Å². The number of carbonyl (C=O) groups is 4. The molecule has 0 bridgehead atoms. The minimum Gasteiger partial charge on any atom is -0.478 e. The number of ether oxygens (including phenoxy) is 4. The number of hydrogen-bond acceptors (Lipinski definition) is 14. The summed E-state index contributed by atoms with van der Waals surface area (Å²) in [6.45, 7) is 6.25. The Bertz CT molecular complexity index is 1380. The van der Waals surface area contributed by atoms with Crippen molar-refractivity contribution in [1.82, 2.24) is 24.6 Å². The molecule has 19 heteroatoms. The topological polar surface area (TPSA) is 254 Å². The molecule has 2 heterocycles. The highest BCUT2D eigenvalue weighted by molar-refractivity contribution is 7.56. The molecule has 1 saturated carbocycles. The lowest BCUT2D eigenvalue weighted by Gasteiger charge is -2.27. The van der Waals surface area contributed by atoms with Crippen LogP contribution in [0, 0.1) is 0 Å². The van der Waals surface area contributed by atoms with Crippen molar-refractivity contribution in [2.24, 2.45) is 0 Å². The van der Waals surface area contributed by atoms with Crippen LogP contribution in [0.4, 0.5) is 10.6 Å². The molecule has 0 saturated heterocycles. The van der Waals surface area contributed by atoms with Crippen LogP contribution < -0.4 is 10.8 Å². The number of anilines is 1. The average molecular weight is 673 g/mol. The fourth-order valence-corrected chi connectivity index (χ4v) is 5.62. The maximum Gasteiger partial charge on any atom is 0.510 e. The van der Waals surface area contributed by atoms with Gasteiger partial charge in [-0.25, -0.2) is 34.4 Å². The summed E-state index contributed by atoms with van der Waals surface area (Å²) in [5.41, 5.74) is 6.83. The van der Waals surface area contributed by atoms with E-state index in [0.29, 0.717) is 29.9 Å². The van der Waals surface area contributed by atoms with E-state index >= 15 is 0 Å². The third kappa shape index (κ3) is 13.9. The van der Waals surface area contributed by atoms with E-state index in [2.05, 4.69) is 20.0 Å². The number of esters is 1. The number of aromatic nitrogens is 4. The van der Waals surface area contributed by atoms with E-state index in [4.69, 9.17) is 39.4 Å². The van der Waals surface area contributed by atoms with E-state index in [-0.39, 0.29) is 11.9 Å².